The van der Waals surface area contributed by atoms with Crippen molar-refractivity contribution in [3.63, 3.8) is 0 Å². The van der Waals surface area contributed by atoms with Crippen LogP contribution in [0.5, 0.6) is 0 Å². The Morgan fingerprint density at radius 3 is 0.556 bits per heavy atom. The standard InChI is InChI=1S/2Fe.2Mg.3O.2Zn.4H/q2*+3;2*+2;3*-2;;;4*-1. The van der Waals surface area contributed by atoms with Crippen LogP contribution in [0.25, 0.3) is 0 Å². The van der Waals surface area contributed by atoms with Gasteiger partial charge in [0.15, 0.2) is 0 Å². The van der Waals surface area contributed by atoms with Crippen molar-refractivity contribution in [3.8, 4) is 0 Å². The predicted molar refractivity (Wildman–Crippen MR) is 18.0 cm³/mol. The summed E-state index contributed by atoms with van der Waals surface area (Å²) in [7, 11) is 0. The van der Waals surface area contributed by atoms with Crippen LogP contribution in [0.2, 0.25) is 0 Å². The second kappa shape index (κ2) is 97.9. The molecule has 0 aromatic rings. The summed E-state index contributed by atoms with van der Waals surface area (Å²) in [5, 5.41) is 0. The molecular formula is H4Fe2Mg2O3Zn2. The van der Waals surface area contributed by atoms with Crippen molar-refractivity contribution >= 4 is 46.1 Å². The molecule has 0 aromatic heterocycles. The quantitative estimate of drug-likeness (QED) is 0.522. The van der Waals surface area contributed by atoms with Gasteiger partial charge in [-0.25, -0.2) is 0 Å². The zero-order valence-electron chi connectivity index (χ0n) is 8.76. The van der Waals surface area contributed by atoms with Crippen molar-refractivity contribution in [2.45, 2.75) is 0 Å². The molecule has 0 rings (SSSR count). The third-order valence-corrected chi connectivity index (χ3v) is 0. The molecule has 9 heteroatoms. The summed E-state index contributed by atoms with van der Waals surface area (Å²) in [6.07, 6.45) is 0. The Morgan fingerprint density at radius 1 is 0.556 bits per heavy atom. The zero-order chi connectivity index (χ0) is 0. The topological polar surface area (TPSA) is 85.5 Å². The van der Waals surface area contributed by atoms with Gasteiger partial charge in [0.2, 0.25) is 0 Å². The summed E-state index contributed by atoms with van der Waals surface area (Å²) < 4.78 is 0. The van der Waals surface area contributed by atoms with Crippen LogP contribution in [-0.4, -0.2) is 46.1 Å². The van der Waals surface area contributed by atoms with Crippen molar-refractivity contribution in [3.05, 3.63) is 0 Å². The third-order valence-electron chi connectivity index (χ3n) is 0. The summed E-state index contributed by atoms with van der Waals surface area (Å²) in [6, 6.07) is 0. The minimum atomic E-state index is 0. The predicted octanol–water partition coefficient (Wildman–Crippen LogP) is -0.678. The van der Waals surface area contributed by atoms with Gasteiger partial charge in [-0.1, -0.05) is 0 Å². The van der Waals surface area contributed by atoms with Crippen LogP contribution in [0.1, 0.15) is 5.71 Å². The van der Waals surface area contributed by atoms with E-state index in [0.29, 0.717) is 0 Å². The molecule has 3 nitrogen and oxygen atoms in total. The van der Waals surface area contributed by atoms with Gasteiger partial charge in [-0.15, -0.1) is 0 Å². The maximum Gasteiger partial charge on any atom is 3.00 e. The molecule has 0 aromatic carbocycles. The normalized spacial score (nSPS) is 0. The van der Waals surface area contributed by atoms with E-state index < -0.39 is 0 Å². The molecule has 0 heterocycles. The van der Waals surface area contributed by atoms with Crippen molar-refractivity contribution in [1.82, 2.24) is 0 Å². The first kappa shape index (κ1) is 127. The molecule has 0 aliphatic rings. The second-order valence-electron chi connectivity index (χ2n) is 0. The maximum absolute atomic E-state index is 0. The molecule has 0 bridgehead atoms. The Balaban J connectivity index is 0. The first-order valence-electron chi connectivity index (χ1n) is 0. The fourth-order valence-corrected chi connectivity index (χ4v) is 0. The third kappa shape index (κ3) is 80.4. The molecule has 46 valence electrons. The van der Waals surface area contributed by atoms with Gasteiger partial charge in [0.05, 0.1) is 0 Å². The molecule has 0 amide bonds. The Bertz CT molecular complexity index is 29.4. The first-order valence-corrected chi connectivity index (χ1v) is 0. The molecule has 0 N–H and O–H groups in total. The minimum Gasteiger partial charge on any atom is -2.00 e. The Kier molecular flexibility index (Phi) is 1380. The molecular weight excluding hydrogens is 339 g/mol. The van der Waals surface area contributed by atoms with Crippen LogP contribution >= 0.6 is 0 Å². The molecule has 9 heavy (non-hydrogen) atoms. The monoisotopic (exact) mass is 340 g/mol. The number of rotatable bonds is 0. The Hall–Kier alpha value is 3.70. The van der Waals surface area contributed by atoms with Gasteiger partial charge in [0.25, 0.3) is 0 Å². The van der Waals surface area contributed by atoms with Crippen LogP contribution in [0.3, 0.4) is 0 Å². The van der Waals surface area contributed by atoms with E-state index in [4.69, 9.17) is 0 Å². The fraction of sp³-hybridized carbons (Fsp3) is 0. The smallest absolute Gasteiger partial charge is 2.00 e. The van der Waals surface area contributed by atoms with Gasteiger partial charge in [-0.05, 0) is 0 Å². The van der Waals surface area contributed by atoms with E-state index in [1.54, 1.807) is 0 Å². The molecule has 0 unspecified atom stereocenters. The molecule has 0 saturated heterocycles. The van der Waals surface area contributed by atoms with Crippen LogP contribution in [0, 0.1) is 0 Å². The van der Waals surface area contributed by atoms with Gasteiger partial charge >= 0.3 is 80.2 Å². The Morgan fingerprint density at radius 2 is 0.556 bits per heavy atom. The van der Waals surface area contributed by atoms with Crippen LogP contribution in [0.15, 0.2) is 0 Å². The largest absolute Gasteiger partial charge is 3.00 e. The van der Waals surface area contributed by atoms with E-state index in [0.717, 1.165) is 0 Å². The average Bonchev–Trinajstić information content (AvgIpc) is 0. The van der Waals surface area contributed by atoms with E-state index in [1.807, 2.05) is 0 Å². The minimum absolute atomic E-state index is 0. The van der Waals surface area contributed by atoms with Gasteiger partial charge in [-0.3, -0.25) is 0 Å². The van der Waals surface area contributed by atoms with Crippen molar-refractivity contribution in [2.24, 2.45) is 0 Å². The first-order chi connectivity index (χ1) is 0. The Labute approximate surface area is 139 Å². The second-order valence-corrected chi connectivity index (χ2v) is 0. The van der Waals surface area contributed by atoms with Gasteiger partial charge in [-0.2, -0.15) is 0 Å². The molecule has 0 spiro atoms. The summed E-state index contributed by atoms with van der Waals surface area (Å²) in [4.78, 5) is 0. The fourth-order valence-electron chi connectivity index (χ4n) is 0. The molecule has 2 radical (unpaired) electrons. The van der Waals surface area contributed by atoms with Crippen molar-refractivity contribution in [1.29, 1.82) is 0 Å². The molecule has 0 fully saturated rings. The van der Waals surface area contributed by atoms with Crippen molar-refractivity contribution in [2.75, 3.05) is 0 Å². The zero-order valence-corrected chi connectivity index (χ0v) is 15.7. The maximum atomic E-state index is 0. The van der Waals surface area contributed by atoms with E-state index >= 15 is 0 Å². The summed E-state index contributed by atoms with van der Waals surface area (Å²) >= 11 is 0. The van der Waals surface area contributed by atoms with Crippen molar-refractivity contribution < 1.29 is 95.2 Å². The average molecular weight is 343 g/mol. The molecule has 0 aliphatic heterocycles. The van der Waals surface area contributed by atoms with Gasteiger partial charge in [0, 0.05) is 39.0 Å². The summed E-state index contributed by atoms with van der Waals surface area (Å²) in [5.74, 6) is 0. The van der Waals surface area contributed by atoms with E-state index in [1.165, 1.54) is 0 Å². The summed E-state index contributed by atoms with van der Waals surface area (Å²) in [6.45, 7) is 0. The molecule has 0 atom stereocenters. The van der Waals surface area contributed by atoms with E-state index in [2.05, 4.69) is 0 Å². The molecule has 0 saturated carbocycles. The van der Waals surface area contributed by atoms with E-state index in [-0.39, 0.29) is 141 Å². The van der Waals surface area contributed by atoms with Crippen LogP contribution in [-0.2, 0) is 89.5 Å². The number of hydrogen-bond donors (Lipinski definition) is 0. The van der Waals surface area contributed by atoms with E-state index in [9.17, 15) is 0 Å². The summed E-state index contributed by atoms with van der Waals surface area (Å²) in [5.41, 5.74) is 0. The molecule has 0 aliphatic carbocycles. The number of hydrogen-bond acceptors (Lipinski definition) is 0. The van der Waals surface area contributed by atoms with Gasteiger partial charge in [0.1, 0.15) is 0 Å². The van der Waals surface area contributed by atoms with Crippen LogP contribution < -0.4 is 0 Å². The van der Waals surface area contributed by atoms with Gasteiger partial charge < -0.3 is 22.1 Å². The SMILES string of the molecule is [Fe+3].[Fe+3].[H-].[H-].[H-].[H-].[Mg+2].[Mg+2].[O-2].[O-2].[O-2].[Zn].[Zn]. The van der Waals surface area contributed by atoms with Crippen LogP contribution in [0.4, 0.5) is 0 Å².